The predicted octanol–water partition coefficient (Wildman–Crippen LogP) is 6.46. The summed E-state index contributed by atoms with van der Waals surface area (Å²) >= 11 is 6.39. The Kier molecular flexibility index (Phi) is 6.74. The lowest BCUT2D eigenvalue weighted by Gasteiger charge is -2.48. The number of hydrogen-bond acceptors (Lipinski definition) is 5. The summed E-state index contributed by atoms with van der Waals surface area (Å²) < 4.78 is 12.8. The molecule has 0 radical (unpaired) electrons. The van der Waals surface area contributed by atoms with Crippen LogP contribution in [-0.4, -0.2) is 48.2 Å². The monoisotopic (exact) mass is 535 g/mol. The lowest BCUT2D eigenvalue weighted by Crippen LogP contribution is -2.52. The van der Waals surface area contributed by atoms with Crippen molar-refractivity contribution in [3.63, 3.8) is 0 Å². The SMILES string of the molecule is C=C[C@]1(O)CCO[C@H]([C@@H]2CC[C@H]2CN2C[C@@]3(CCCc4cc(Cl)ccc43)COc3ccc(C(=C)O)cc32)C1. The van der Waals surface area contributed by atoms with Gasteiger partial charge in [-0.2, -0.15) is 0 Å². The van der Waals surface area contributed by atoms with Crippen molar-refractivity contribution in [2.75, 3.05) is 31.2 Å². The van der Waals surface area contributed by atoms with Crippen LogP contribution in [-0.2, 0) is 16.6 Å². The van der Waals surface area contributed by atoms with Crippen molar-refractivity contribution in [3.8, 4) is 5.75 Å². The molecule has 1 spiro atoms. The van der Waals surface area contributed by atoms with Gasteiger partial charge in [0.2, 0.25) is 0 Å². The van der Waals surface area contributed by atoms with E-state index in [2.05, 4.69) is 30.2 Å². The number of halogens is 1. The minimum Gasteiger partial charge on any atom is -0.508 e. The Hall–Kier alpha value is -2.47. The minimum absolute atomic E-state index is 0.0447. The number of anilines is 1. The summed E-state index contributed by atoms with van der Waals surface area (Å²) in [5.41, 5.74) is 3.41. The van der Waals surface area contributed by atoms with Crippen LogP contribution in [0.2, 0.25) is 5.02 Å². The lowest BCUT2D eigenvalue weighted by atomic mass is 9.67. The van der Waals surface area contributed by atoms with Crippen LogP contribution in [0.25, 0.3) is 5.76 Å². The zero-order chi connectivity index (χ0) is 26.5. The molecule has 38 heavy (non-hydrogen) atoms. The molecule has 2 N–H and O–H groups in total. The van der Waals surface area contributed by atoms with Crippen molar-refractivity contribution < 1.29 is 19.7 Å². The molecule has 1 saturated carbocycles. The van der Waals surface area contributed by atoms with E-state index in [-0.39, 0.29) is 17.3 Å². The highest BCUT2D eigenvalue weighted by Crippen LogP contribution is 2.48. The molecule has 2 aliphatic heterocycles. The van der Waals surface area contributed by atoms with E-state index in [1.165, 1.54) is 11.1 Å². The van der Waals surface area contributed by atoms with E-state index in [9.17, 15) is 10.2 Å². The summed E-state index contributed by atoms with van der Waals surface area (Å²) in [5, 5.41) is 21.9. The molecule has 2 aliphatic carbocycles. The van der Waals surface area contributed by atoms with Gasteiger partial charge in [0.25, 0.3) is 0 Å². The zero-order valence-corrected chi connectivity index (χ0v) is 22.8. The zero-order valence-electron chi connectivity index (χ0n) is 22.0. The molecule has 0 bridgehead atoms. The molecule has 2 fully saturated rings. The number of aliphatic hydroxyl groups is 2. The van der Waals surface area contributed by atoms with Crippen LogP contribution in [0.15, 0.2) is 55.6 Å². The molecule has 2 aromatic carbocycles. The van der Waals surface area contributed by atoms with Gasteiger partial charge in [-0.25, -0.2) is 0 Å². The molecule has 5 nitrogen and oxygen atoms in total. The Morgan fingerprint density at radius 3 is 2.82 bits per heavy atom. The number of aliphatic hydroxyl groups excluding tert-OH is 1. The smallest absolute Gasteiger partial charge is 0.142 e. The fourth-order valence-corrected chi connectivity index (χ4v) is 7.44. The number of benzene rings is 2. The van der Waals surface area contributed by atoms with Crippen LogP contribution in [0.4, 0.5) is 5.69 Å². The van der Waals surface area contributed by atoms with E-state index in [1.54, 1.807) is 6.08 Å². The fourth-order valence-electron chi connectivity index (χ4n) is 7.24. The van der Waals surface area contributed by atoms with Gasteiger partial charge in [0, 0.05) is 41.9 Å². The molecule has 5 atom stereocenters. The van der Waals surface area contributed by atoms with E-state index >= 15 is 0 Å². The quantitative estimate of drug-likeness (QED) is 0.339. The van der Waals surface area contributed by atoms with E-state index < -0.39 is 5.60 Å². The summed E-state index contributed by atoms with van der Waals surface area (Å²) in [5.74, 6) is 1.76. The normalized spacial score (nSPS) is 32.4. The van der Waals surface area contributed by atoms with Crippen molar-refractivity contribution in [2.24, 2.45) is 11.8 Å². The topological polar surface area (TPSA) is 62.2 Å². The lowest BCUT2D eigenvalue weighted by molar-refractivity contribution is -0.125. The first-order valence-electron chi connectivity index (χ1n) is 14.0. The van der Waals surface area contributed by atoms with Crippen LogP contribution >= 0.6 is 11.6 Å². The molecule has 6 heteroatoms. The molecule has 2 aromatic rings. The second-order valence-electron chi connectivity index (χ2n) is 11.9. The van der Waals surface area contributed by atoms with Crippen LogP contribution in [0, 0.1) is 11.8 Å². The highest BCUT2D eigenvalue weighted by Gasteiger charge is 2.46. The van der Waals surface area contributed by atoms with Gasteiger partial charge >= 0.3 is 0 Å². The first-order valence-corrected chi connectivity index (χ1v) is 14.3. The summed E-state index contributed by atoms with van der Waals surface area (Å²) in [6.07, 6.45) is 8.40. The molecular weight excluding hydrogens is 498 g/mol. The average molecular weight is 536 g/mol. The Balaban J connectivity index is 1.33. The third-order valence-corrected chi connectivity index (χ3v) is 9.82. The summed E-state index contributed by atoms with van der Waals surface area (Å²) in [7, 11) is 0. The van der Waals surface area contributed by atoms with Crippen LogP contribution < -0.4 is 9.64 Å². The van der Waals surface area contributed by atoms with Crippen molar-refractivity contribution in [3.05, 3.63) is 77.3 Å². The fraction of sp³-hybridized carbons (Fsp3) is 0.500. The van der Waals surface area contributed by atoms with Crippen molar-refractivity contribution in [1.29, 1.82) is 0 Å². The van der Waals surface area contributed by atoms with Gasteiger partial charge in [0.15, 0.2) is 0 Å². The molecule has 0 amide bonds. The third kappa shape index (κ3) is 4.63. The Morgan fingerprint density at radius 1 is 1.18 bits per heavy atom. The number of hydrogen-bond donors (Lipinski definition) is 2. The van der Waals surface area contributed by atoms with Gasteiger partial charge in [-0.3, -0.25) is 0 Å². The number of fused-ring (bicyclic) bond motifs is 3. The van der Waals surface area contributed by atoms with Crippen LogP contribution in [0.5, 0.6) is 5.75 Å². The number of aryl methyl sites for hydroxylation is 1. The second kappa shape index (κ2) is 9.93. The van der Waals surface area contributed by atoms with Gasteiger partial charge < -0.3 is 24.6 Å². The van der Waals surface area contributed by atoms with E-state index in [1.807, 2.05) is 24.3 Å². The van der Waals surface area contributed by atoms with Gasteiger partial charge in [0.1, 0.15) is 11.5 Å². The molecule has 202 valence electrons. The summed E-state index contributed by atoms with van der Waals surface area (Å²) in [4.78, 5) is 2.48. The van der Waals surface area contributed by atoms with Gasteiger partial charge in [-0.05, 0) is 85.4 Å². The molecule has 0 unspecified atom stereocenters. The molecule has 6 rings (SSSR count). The molecule has 2 heterocycles. The largest absolute Gasteiger partial charge is 0.508 e. The Morgan fingerprint density at radius 2 is 2.05 bits per heavy atom. The Bertz CT molecular complexity index is 1250. The molecule has 4 aliphatic rings. The molecular formula is C32H38ClNO4. The number of ether oxygens (including phenoxy) is 2. The highest BCUT2D eigenvalue weighted by atomic mass is 35.5. The van der Waals surface area contributed by atoms with Gasteiger partial charge in [0.05, 0.1) is 30.6 Å². The predicted molar refractivity (Wildman–Crippen MR) is 152 cm³/mol. The minimum atomic E-state index is -0.834. The molecule has 1 saturated heterocycles. The maximum Gasteiger partial charge on any atom is 0.142 e. The first-order chi connectivity index (χ1) is 18.3. The summed E-state index contributed by atoms with van der Waals surface area (Å²) in [6.45, 7) is 10.5. The highest BCUT2D eigenvalue weighted by molar-refractivity contribution is 6.30. The summed E-state index contributed by atoms with van der Waals surface area (Å²) in [6, 6.07) is 12.2. The third-order valence-electron chi connectivity index (χ3n) is 9.58. The maximum atomic E-state index is 10.9. The average Bonchev–Trinajstić information content (AvgIpc) is 3.03. The number of rotatable bonds is 5. The Labute approximate surface area is 230 Å². The second-order valence-corrected chi connectivity index (χ2v) is 12.3. The number of nitrogens with zero attached hydrogens (tertiary/aromatic N) is 1. The van der Waals surface area contributed by atoms with E-state index in [0.717, 1.165) is 61.7 Å². The molecule has 0 aromatic heterocycles. The van der Waals surface area contributed by atoms with Crippen molar-refractivity contribution in [2.45, 2.75) is 62.1 Å². The van der Waals surface area contributed by atoms with Gasteiger partial charge in [-0.1, -0.05) is 30.3 Å². The van der Waals surface area contributed by atoms with Crippen molar-refractivity contribution >= 4 is 23.0 Å². The standard InChI is InChI=1S/C32H38ClNO4/c1-3-32(36)13-14-37-30(17-32)26-9-6-24(26)18-34-19-31(12-4-5-23-15-25(33)8-10-27(23)31)20-38-29-11-7-22(21(2)35)16-28(29)34/h3,7-8,10-11,15-16,24,26,30,35-36H,1-2,4-6,9,12-14,17-20H2/t24-,26+,30-,31-,32-/m0/s1. The first kappa shape index (κ1) is 25.8. The van der Waals surface area contributed by atoms with E-state index in [0.29, 0.717) is 43.5 Å². The van der Waals surface area contributed by atoms with Gasteiger partial charge in [-0.15, -0.1) is 6.58 Å². The van der Waals surface area contributed by atoms with Crippen LogP contribution in [0.3, 0.4) is 0 Å². The van der Waals surface area contributed by atoms with E-state index in [4.69, 9.17) is 21.1 Å². The van der Waals surface area contributed by atoms with Crippen molar-refractivity contribution in [1.82, 2.24) is 0 Å². The van der Waals surface area contributed by atoms with Crippen LogP contribution in [0.1, 0.15) is 55.2 Å². The maximum absolute atomic E-state index is 10.9.